The number of phenols is 2. The van der Waals surface area contributed by atoms with Crippen molar-refractivity contribution in [1.82, 2.24) is 5.09 Å². The van der Waals surface area contributed by atoms with Crippen LogP contribution in [0, 0.1) is 0 Å². The zero-order chi connectivity index (χ0) is 29.7. The first-order valence-electron chi connectivity index (χ1n) is 12.8. The fourth-order valence-electron chi connectivity index (χ4n) is 4.26. The number of nitrogens with one attached hydrogen (secondary N) is 1. The first-order chi connectivity index (χ1) is 20.2. The van der Waals surface area contributed by atoms with Gasteiger partial charge in [0.2, 0.25) is 0 Å². The number of fused-ring (bicyclic) bond motifs is 1. The van der Waals surface area contributed by atoms with Crippen LogP contribution in [0.4, 0.5) is 0 Å². The third-order valence-corrected chi connectivity index (χ3v) is 7.74. The zero-order valence-corrected chi connectivity index (χ0v) is 23.2. The van der Waals surface area contributed by atoms with Gasteiger partial charge in [-0.05, 0) is 48.4 Å². The van der Waals surface area contributed by atoms with Crippen molar-refractivity contribution in [2.45, 2.75) is 12.5 Å². The Kier molecular flexibility index (Phi) is 8.28. The molecule has 0 saturated heterocycles. The van der Waals surface area contributed by atoms with Crippen molar-refractivity contribution in [3.05, 3.63) is 119 Å². The molecule has 1 aromatic heterocycles. The minimum absolute atomic E-state index is 0.0365. The molecule has 4 aromatic carbocycles. The second-order valence-corrected chi connectivity index (χ2v) is 10.8. The fraction of sp³-hybridized carbons (Fsp3) is 0.0968. The molecule has 0 fully saturated rings. The number of carbonyl (C=O) groups is 1. The van der Waals surface area contributed by atoms with Gasteiger partial charge in [0.25, 0.3) is 0 Å². The molecule has 1 unspecified atom stereocenters. The molecule has 0 amide bonds. The van der Waals surface area contributed by atoms with Gasteiger partial charge in [-0.3, -0.25) is 9.59 Å². The summed E-state index contributed by atoms with van der Waals surface area (Å²) in [7, 11) is -3.21. The molecule has 11 heteroatoms. The first kappa shape index (κ1) is 28.5. The molecule has 0 bridgehead atoms. The second-order valence-electron chi connectivity index (χ2n) is 9.22. The van der Waals surface area contributed by atoms with Crippen molar-refractivity contribution in [3.63, 3.8) is 0 Å². The summed E-state index contributed by atoms with van der Waals surface area (Å²) in [6, 6.07) is 25.7. The summed E-state index contributed by atoms with van der Waals surface area (Å²) >= 11 is 0. The number of methoxy groups -OCH3 is 1. The van der Waals surface area contributed by atoms with Crippen LogP contribution in [0.15, 0.2) is 112 Å². The Morgan fingerprint density at radius 2 is 1.52 bits per heavy atom. The van der Waals surface area contributed by atoms with Crippen molar-refractivity contribution in [3.8, 4) is 34.3 Å². The van der Waals surface area contributed by atoms with Crippen molar-refractivity contribution in [2.75, 3.05) is 7.11 Å². The van der Waals surface area contributed by atoms with Crippen molar-refractivity contribution in [1.29, 1.82) is 0 Å². The van der Waals surface area contributed by atoms with E-state index in [1.807, 2.05) is 6.07 Å². The van der Waals surface area contributed by atoms with Crippen LogP contribution in [0.3, 0.4) is 0 Å². The molecular formula is C31H26NO9P. The molecule has 214 valence electrons. The number of aromatic hydroxyl groups is 2. The minimum atomic E-state index is -4.42. The molecule has 10 nitrogen and oxygen atoms in total. The largest absolute Gasteiger partial charge is 0.513 e. The Morgan fingerprint density at radius 3 is 2.19 bits per heavy atom. The summed E-state index contributed by atoms with van der Waals surface area (Å²) in [5, 5.41) is 22.9. The van der Waals surface area contributed by atoms with Crippen LogP contribution < -0.4 is 19.6 Å². The van der Waals surface area contributed by atoms with Crippen molar-refractivity contribution in [2.24, 2.45) is 0 Å². The number of hydrogen-bond acceptors (Lipinski definition) is 9. The molecule has 5 aromatic rings. The van der Waals surface area contributed by atoms with E-state index in [1.54, 1.807) is 66.7 Å². The Hall–Kier alpha value is -5.05. The molecule has 0 aliphatic heterocycles. The summed E-state index contributed by atoms with van der Waals surface area (Å²) in [5.41, 5.74) is 0.678. The monoisotopic (exact) mass is 587 g/mol. The van der Waals surface area contributed by atoms with Gasteiger partial charge in [0.1, 0.15) is 45.8 Å². The Bertz CT molecular complexity index is 1810. The lowest BCUT2D eigenvalue weighted by Gasteiger charge is -2.24. The van der Waals surface area contributed by atoms with E-state index in [-0.39, 0.29) is 40.4 Å². The molecule has 2 atom stereocenters. The highest BCUT2D eigenvalue weighted by Gasteiger charge is 2.36. The minimum Gasteiger partial charge on any atom is -0.508 e. The standard InChI is InChI=1S/C31H26NO9P/c1-38-31(36)25(16-20-8-4-2-5-9-20)32-42(37,40-23-10-6-3-7-11-23)41-24-17-26(34)30-27(35)19-28(39-29(30)18-24)21-12-14-22(33)15-13-21/h2-15,17-19,25,33-34H,16H2,1H3,(H,32,37)/t25-,42?/m0/s1. The highest BCUT2D eigenvalue weighted by Crippen LogP contribution is 2.47. The average Bonchev–Trinajstić information content (AvgIpc) is 2.97. The van der Waals surface area contributed by atoms with Crippen LogP contribution in [0.25, 0.3) is 22.3 Å². The van der Waals surface area contributed by atoms with E-state index >= 15 is 0 Å². The van der Waals surface area contributed by atoms with Crippen LogP contribution in [0.2, 0.25) is 0 Å². The molecule has 5 rings (SSSR count). The van der Waals surface area contributed by atoms with Crippen molar-refractivity contribution < 1.29 is 37.8 Å². The Morgan fingerprint density at radius 1 is 0.881 bits per heavy atom. The molecule has 3 N–H and O–H groups in total. The SMILES string of the molecule is COC(=O)[C@H](Cc1ccccc1)NP(=O)(Oc1ccccc1)Oc1cc(O)c2c(=O)cc(-c3ccc(O)cc3)oc2c1. The molecule has 0 spiro atoms. The van der Waals surface area contributed by atoms with Gasteiger partial charge in [-0.25, -0.2) is 4.57 Å². The van der Waals surface area contributed by atoms with Crippen LogP contribution in [-0.2, 0) is 20.5 Å². The van der Waals surface area contributed by atoms with E-state index < -0.39 is 30.9 Å². The molecule has 0 aliphatic rings. The van der Waals surface area contributed by atoms with Gasteiger partial charge in [-0.2, -0.15) is 5.09 Å². The number of ether oxygens (including phenoxy) is 1. The number of hydrogen-bond donors (Lipinski definition) is 3. The number of esters is 1. The van der Waals surface area contributed by atoms with Gasteiger partial charge in [0.15, 0.2) is 5.43 Å². The van der Waals surface area contributed by atoms with Gasteiger partial charge in [0, 0.05) is 23.8 Å². The topological polar surface area (TPSA) is 145 Å². The van der Waals surface area contributed by atoms with Gasteiger partial charge in [0.05, 0.1) is 7.11 Å². The maximum atomic E-state index is 14.2. The highest BCUT2D eigenvalue weighted by atomic mass is 31.2. The van der Waals surface area contributed by atoms with Gasteiger partial charge in [-0.1, -0.05) is 48.5 Å². The quantitative estimate of drug-likeness (QED) is 0.135. The molecule has 0 aliphatic carbocycles. The third-order valence-electron chi connectivity index (χ3n) is 6.21. The molecular weight excluding hydrogens is 561 g/mol. The summed E-state index contributed by atoms with van der Waals surface area (Å²) < 4.78 is 36.7. The van der Waals surface area contributed by atoms with E-state index in [1.165, 1.54) is 31.4 Å². The summed E-state index contributed by atoms with van der Waals surface area (Å²) in [6.07, 6.45) is 0.104. The number of phenolic OH excluding ortho intramolecular Hbond substituents is 2. The highest BCUT2D eigenvalue weighted by molar-refractivity contribution is 7.52. The van der Waals surface area contributed by atoms with E-state index in [2.05, 4.69) is 5.09 Å². The lowest BCUT2D eigenvalue weighted by atomic mass is 10.1. The Balaban J connectivity index is 1.54. The molecule has 42 heavy (non-hydrogen) atoms. The predicted molar refractivity (Wildman–Crippen MR) is 156 cm³/mol. The second kappa shape index (κ2) is 12.2. The van der Waals surface area contributed by atoms with Crippen molar-refractivity contribution >= 4 is 24.7 Å². The van der Waals surface area contributed by atoms with Crippen LogP contribution in [0.5, 0.6) is 23.0 Å². The predicted octanol–water partition coefficient (Wildman–Crippen LogP) is 5.81. The normalized spacial score (nSPS) is 13.2. The number of benzene rings is 4. The van der Waals surface area contributed by atoms with Crippen LogP contribution >= 0.6 is 7.75 Å². The maximum Gasteiger partial charge on any atom is 0.513 e. The lowest BCUT2D eigenvalue weighted by molar-refractivity contribution is -0.142. The van der Waals surface area contributed by atoms with E-state index in [4.69, 9.17) is 18.2 Å². The Labute approximate surface area is 240 Å². The maximum absolute atomic E-state index is 14.2. The smallest absolute Gasteiger partial charge is 0.508 e. The van der Waals surface area contributed by atoms with Crippen LogP contribution in [0.1, 0.15) is 5.56 Å². The molecule has 0 saturated carbocycles. The third kappa shape index (κ3) is 6.63. The summed E-state index contributed by atoms with van der Waals surface area (Å²) in [4.78, 5) is 25.6. The van der Waals surface area contributed by atoms with E-state index in [0.717, 1.165) is 11.6 Å². The summed E-state index contributed by atoms with van der Waals surface area (Å²) in [6.45, 7) is 0. The average molecular weight is 588 g/mol. The van der Waals surface area contributed by atoms with Gasteiger partial charge in [-0.15, -0.1) is 0 Å². The van der Waals surface area contributed by atoms with Crippen LogP contribution in [-0.4, -0.2) is 29.3 Å². The first-order valence-corrected chi connectivity index (χ1v) is 14.3. The zero-order valence-electron chi connectivity index (χ0n) is 22.3. The number of carbonyl (C=O) groups excluding carboxylic acids is 1. The van der Waals surface area contributed by atoms with Gasteiger partial charge >= 0.3 is 13.7 Å². The molecule has 1 heterocycles. The fourth-order valence-corrected chi connectivity index (χ4v) is 5.76. The lowest BCUT2D eigenvalue weighted by Crippen LogP contribution is -2.39. The number of para-hydroxylation sites is 1. The van der Waals surface area contributed by atoms with E-state index in [9.17, 15) is 24.4 Å². The van der Waals surface area contributed by atoms with E-state index in [0.29, 0.717) is 5.56 Å². The number of rotatable bonds is 10. The molecule has 0 radical (unpaired) electrons. The van der Waals surface area contributed by atoms with Gasteiger partial charge < -0.3 is 28.4 Å². The summed E-state index contributed by atoms with van der Waals surface area (Å²) in [5.74, 6) is -0.961.